The molecule has 8 heteroatoms. The van der Waals surface area contributed by atoms with Crippen molar-refractivity contribution in [2.75, 3.05) is 17.2 Å². The molecule has 0 spiro atoms. The Balaban J connectivity index is 1.67. The number of para-hydroxylation sites is 1. The van der Waals surface area contributed by atoms with Gasteiger partial charge in [0.1, 0.15) is 5.75 Å². The van der Waals surface area contributed by atoms with Gasteiger partial charge in [-0.2, -0.15) is 0 Å². The van der Waals surface area contributed by atoms with E-state index >= 15 is 0 Å². The summed E-state index contributed by atoms with van der Waals surface area (Å²) in [6.45, 7) is 0.511. The summed E-state index contributed by atoms with van der Waals surface area (Å²) in [6.07, 6.45) is 1.69. The molecule has 0 atom stereocenters. The maximum atomic E-state index is 12.9. The number of amides is 1. The van der Waals surface area contributed by atoms with Gasteiger partial charge >= 0.3 is 5.69 Å². The third-order valence-corrected chi connectivity index (χ3v) is 6.93. The van der Waals surface area contributed by atoms with Crippen LogP contribution in [0.5, 0.6) is 0 Å². The number of nitrogens with zero attached hydrogens (tertiary/aromatic N) is 3. The number of carbonyl (C=O) groups excluding carboxylic acids is 1. The number of imidazole rings is 1. The van der Waals surface area contributed by atoms with Crippen LogP contribution in [0.15, 0.2) is 52.2 Å². The van der Waals surface area contributed by atoms with Crippen molar-refractivity contribution in [1.29, 1.82) is 0 Å². The van der Waals surface area contributed by atoms with Crippen molar-refractivity contribution in [2.45, 2.75) is 17.7 Å². The van der Waals surface area contributed by atoms with Crippen LogP contribution in [0.1, 0.15) is 12.0 Å². The summed E-state index contributed by atoms with van der Waals surface area (Å²) in [7, 11) is -0.610. The number of hydrogen-bond donors (Lipinski definition) is 0. The van der Waals surface area contributed by atoms with E-state index in [4.69, 9.17) is 0 Å². The highest BCUT2D eigenvalue weighted by Gasteiger charge is 2.28. The highest BCUT2D eigenvalue weighted by atomic mass is 32.2. The Morgan fingerprint density at radius 3 is 2.54 bits per heavy atom. The van der Waals surface area contributed by atoms with Crippen molar-refractivity contribution < 1.29 is 13.2 Å². The molecular formula is C20H21N3O4S. The minimum atomic E-state index is -3.84. The number of benzene rings is 2. The van der Waals surface area contributed by atoms with E-state index < -0.39 is 21.5 Å². The van der Waals surface area contributed by atoms with Crippen LogP contribution < -0.4 is 10.6 Å². The van der Waals surface area contributed by atoms with E-state index in [0.29, 0.717) is 17.6 Å². The monoisotopic (exact) mass is 399 g/mol. The second-order valence-electron chi connectivity index (χ2n) is 7.09. The van der Waals surface area contributed by atoms with Crippen LogP contribution in [0.4, 0.5) is 5.69 Å². The lowest BCUT2D eigenvalue weighted by Gasteiger charge is -2.29. The summed E-state index contributed by atoms with van der Waals surface area (Å²) in [6, 6.07) is 12.1. The Kier molecular flexibility index (Phi) is 4.38. The van der Waals surface area contributed by atoms with Crippen molar-refractivity contribution in [3.63, 3.8) is 0 Å². The molecule has 0 saturated heterocycles. The Bertz CT molecular complexity index is 1250. The van der Waals surface area contributed by atoms with Crippen LogP contribution in [0.25, 0.3) is 11.0 Å². The maximum absolute atomic E-state index is 12.9. The molecule has 1 amide bonds. The van der Waals surface area contributed by atoms with Gasteiger partial charge in [0.2, 0.25) is 5.91 Å². The van der Waals surface area contributed by atoms with Gasteiger partial charge in [0.05, 0.1) is 15.9 Å². The topological polar surface area (TPSA) is 81.4 Å². The van der Waals surface area contributed by atoms with E-state index in [1.807, 2.05) is 24.3 Å². The Morgan fingerprint density at radius 2 is 1.75 bits per heavy atom. The molecule has 1 aliphatic heterocycles. The molecule has 0 unspecified atom stereocenters. The fraction of sp³-hybridized carbons (Fsp3) is 0.300. The molecule has 4 rings (SSSR count). The fourth-order valence-electron chi connectivity index (χ4n) is 3.80. The van der Waals surface area contributed by atoms with Gasteiger partial charge < -0.3 is 4.90 Å². The summed E-state index contributed by atoms with van der Waals surface area (Å²) in [4.78, 5) is 26.5. The van der Waals surface area contributed by atoms with E-state index in [1.54, 1.807) is 25.1 Å². The number of fused-ring (bicyclic) bond motifs is 2. The molecule has 28 heavy (non-hydrogen) atoms. The number of hydrogen-bond acceptors (Lipinski definition) is 4. The molecule has 1 aromatic heterocycles. The van der Waals surface area contributed by atoms with E-state index in [-0.39, 0.29) is 10.6 Å². The number of aryl methyl sites for hydroxylation is 3. The Hall–Kier alpha value is -2.87. The molecule has 146 valence electrons. The Labute approximate surface area is 162 Å². The van der Waals surface area contributed by atoms with E-state index in [1.165, 1.54) is 21.3 Å². The largest absolute Gasteiger partial charge is 0.328 e. The second kappa shape index (κ2) is 6.63. The third-order valence-electron chi connectivity index (χ3n) is 5.33. The minimum absolute atomic E-state index is 0.0415. The zero-order chi connectivity index (χ0) is 20.1. The zero-order valence-corrected chi connectivity index (χ0v) is 16.6. The zero-order valence-electron chi connectivity index (χ0n) is 15.8. The Morgan fingerprint density at radius 1 is 1.04 bits per heavy atom. The van der Waals surface area contributed by atoms with Crippen molar-refractivity contribution in [3.05, 3.63) is 58.5 Å². The summed E-state index contributed by atoms with van der Waals surface area (Å²) in [5.41, 5.74) is 2.77. The van der Waals surface area contributed by atoms with Crippen LogP contribution in [0.3, 0.4) is 0 Å². The van der Waals surface area contributed by atoms with Crippen molar-refractivity contribution in [1.82, 2.24) is 9.13 Å². The van der Waals surface area contributed by atoms with Crippen LogP contribution in [-0.4, -0.2) is 35.8 Å². The lowest BCUT2D eigenvalue weighted by Crippen LogP contribution is -2.39. The van der Waals surface area contributed by atoms with E-state index in [9.17, 15) is 18.0 Å². The molecule has 0 N–H and O–H groups in total. The quantitative estimate of drug-likeness (QED) is 0.670. The molecule has 2 heterocycles. The van der Waals surface area contributed by atoms with Gasteiger partial charge in [0, 0.05) is 26.3 Å². The van der Waals surface area contributed by atoms with Crippen molar-refractivity contribution in [2.24, 2.45) is 14.1 Å². The third kappa shape index (κ3) is 2.93. The van der Waals surface area contributed by atoms with Gasteiger partial charge in [0.25, 0.3) is 0 Å². The first-order valence-electron chi connectivity index (χ1n) is 9.06. The maximum Gasteiger partial charge on any atom is 0.328 e. The first-order valence-corrected chi connectivity index (χ1v) is 10.7. The van der Waals surface area contributed by atoms with Crippen LogP contribution >= 0.6 is 0 Å². The smallest absolute Gasteiger partial charge is 0.311 e. The number of carbonyl (C=O) groups is 1. The SMILES string of the molecule is Cn1c(=O)n(C)c2cc(S(=O)(=O)CC(=O)N3CCCc4ccccc43)ccc21. The first kappa shape index (κ1) is 18.5. The number of anilines is 1. The molecule has 0 aliphatic carbocycles. The predicted octanol–water partition coefficient (Wildman–Crippen LogP) is 1.63. The average Bonchev–Trinajstić information content (AvgIpc) is 2.91. The summed E-state index contributed by atoms with van der Waals surface area (Å²) in [5.74, 6) is -1.04. The van der Waals surface area contributed by atoms with Gasteiger partial charge in [-0.15, -0.1) is 0 Å². The molecule has 0 radical (unpaired) electrons. The standard InChI is InChI=1S/C20H21N3O4S/c1-21-17-10-9-15(12-18(17)22(2)20(21)25)28(26,27)13-19(24)23-11-5-7-14-6-3-4-8-16(14)23/h3-4,6,8-10,12H,5,7,11,13H2,1-2H3. The first-order chi connectivity index (χ1) is 13.3. The summed E-state index contributed by atoms with van der Waals surface area (Å²) in [5, 5.41) is 0. The number of rotatable bonds is 3. The molecule has 1 aliphatic rings. The van der Waals surface area contributed by atoms with Gasteiger partial charge in [0.15, 0.2) is 9.84 Å². The van der Waals surface area contributed by atoms with Crippen LogP contribution in [0.2, 0.25) is 0 Å². The molecule has 0 saturated carbocycles. The molecule has 2 aromatic carbocycles. The lowest BCUT2D eigenvalue weighted by atomic mass is 10.0. The molecule has 7 nitrogen and oxygen atoms in total. The van der Waals surface area contributed by atoms with Crippen molar-refractivity contribution in [3.8, 4) is 0 Å². The van der Waals surface area contributed by atoms with E-state index in [2.05, 4.69) is 0 Å². The number of aromatic nitrogens is 2. The molecule has 3 aromatic rings. The molecule has 0 bridgehead atoms. The second-order valence-corrected chi connectivity index (χ2v) is 9.08. The fourth-order valence-corrected chi connectivity index (χ4v) is 5.01. The lowest BCUT2D eigenvalue weighted by molar-refractivity contribution is -0.116. The highest BCUT2D eigenvalue weighted by molar-refractivity contribution is 7.92. The minimum Gasteiger partial charge on any atom is -0.311 e. The average molecular weight is 399 g/mol. The van der Waals surface area contributed by atoms with Gasteiger partial charge in [-0.25, -0.2) is 13.2 Å². The van der Waals surface area contributed by atoms with Crippen LogP contribution in [0, 0.1) is 0 Å². The summed E-state index contributed by atoms with van der Waals surface area (Å²) >= 11 is 0. The van der Waals surface area contributed by atoms with Gasteiger partial charge in [-0.1, -0.05) is 18.2 Å². The summed E-state index contributed by atoms with van der Waals surface area (Å²) < 4.78 is 28.7. The van der Waals surface area contributed by atoms with Crippen LogP contribution in [-0.2, 0) is 35.1 Å². The normalized spacial score (nSPS) is 14.3. The van der Waals surface area contributed by atoms with Gasteiger partial charge in [-0.3, -0.25) is 13.9 Å². The number of sulfone groups is 1. The molecular weight excluding hydrogens is 378 g/mol. The molecule has 0 fully saturated rings. The van der Waals surface area contributed by atoms with Gasteiger partial charge in [-0.05, 0) is 42.7 Å². The van der Waals surface area contributed by atoms with Crippen molar-refractivity contribution >= 4 is 32.5 Å². The predicted molar refractivity (Wildman–Crippen MR) is 107 cm³/mol. The highest BCUT2D eigenvalue weighted by Crippen LogP contribution is 2.27. The van der Waals surface area contributed by atoms with E-state index in [0.717, 1.165) is 24.1 Å².